The van der Waals surface area contributed by atoms with E-state index in [1.54, 1.807) is 22.7 Å². The van der Waals surface area contributed by atoms with Gasteiger partial charge in [-0.15, -0.1) is 11.8 Å². The number of rotatable bonds is 7. The first-order chi connectivity index (χ1) is 11.2. The van der Waals surface area contributed by atoms with Crippen molar-refractivity contribution in [3.63, 3.8) is 0 Å². The average Bonchev–Trinajstić information content (AvgIpc) is 2.59. The lowest BCUT2D eigenvalue weighted by Crippen LogP contribution is -2.37. The van der Waals surface area contributed by atoms with Gasteiger partial charge in [-0.25, -0.2) is 0 Å². The van der Waals surface area contributed by atoms with Crippen molar-refractivity contribution in [2.75, 3.05) is 25.9 Å². The smallest absolute Gasteiger partial charge is 0.255 e. The van der Waals surface area contributed by atoms with Crippen LogP contribution in [-0.4, -0.2) is 36.7 Å². The molecule has 0 unspecified atom stereocenters. The highest BCUT2D eigenvalue weighted by atomic mass is 35.5. The van der Waals surface area contributed by atoms with E-state index in [1.165, 1.54) is 5.56 Å². The number of hydrogen-bond acceptors (Lipinski definition) is 3. The number of halogens is 1. The molecular weight excluding hydrogens is 328 g/mol. The van der Waals surface area contributed by atoms with Gasteiger partial charge in [-0.1, -0.05) is 41.9 Å². The van der Waals surface area contributed by atoms with E-state index in [4.69, 9.17) is 17.3 Å². The van der Waals surface area contributed by atoms with Crippen LogP contribution in [0.15, 0.2) is 53.4 Å². The molecule has 2 aromatic rings. The van der Waals surface area contributed by atoms with Crippen molar-refractivity contribution in [3.8, 4) is 0 Å². The molecule has 3 nitrogen and oxygen atoms in total. The van der Waals surface area contributed by atoms with Gasteiger partial charge in [0.25, 0.3) is 5.91 Å². The molecule has 2 N–H and O–H groups in total. The molecule has 0 heterocycles. The predicted octanol–water partition coefficient (Wildman–Crippen LogP) is 3.71. The second kappa shape index (κ2) is 8.96. The van der Waals surface area contributed by atoms with Gasteiger partial charge in [0.05, 0.1) is 10.6 Å². The zero-order valence-corrected chi connectivity index (χ0v) is 14.7. The minimum atomic E-state index is -0.0627. The highest BCUT2D eigenvalue weighted by molar-refractivity contribution is 7.98. The number of hydrogen-bond donors (Lipinski definition) is 1. The maximum absolute atomic E-state index is 12.8. The van der Waals surface area contributed by atoms with Crippen LogP contribution < -0.4 is 5.73 Å². The topological polar surface area (TPSA) is 46.3 Å². The number of nitrogens with two attached hydrogens (primary N) is 1. The van der Waals surface area contributed by atoms with E-state index in [1.807, 2.05) is 36.6 Å². The van der Waals surface area contributed by atoms with Gasteiger partial charge < -0.3 is 10.6 Å². The Kier molecular flexibility index (Phi) is 6.96. The molecule has 0 aliphatic rings. The molecule has 2 aromatic carbocycles. The van der Waals surface area contributed by atoms with Gasteiger partial charge in [-0.2, -0.15) is 0 Å². The minimum absolute atomic E-state index is 0.0627. The Morgan fingerprint density at radius 1 is 1.17 bits per heavy atom. The number of amides is 1. The third-order valence-corrected chi connectivity index (χ3v) is 4.66. The lowest BCUT2D eigenvalue weighted by molar-refractivity contribution is 0.0762. The molecule has 0 aromatic heterocycles. The highest BCUT2D eigenvalue weighted by Crippen LogP contribution is 2.24. The zero-order chi connectivity index (χ0) is 16.7. The Morgan fingerprint density at radius 3 is 2.57 bits per heavy atom. The Hall–Kier alpha value is -1.49. The van der Waals surface area contributed by atoms with Crippen LogP contribution in [-0.2, 0) is 6.42 Å². The van der Waals surface area contributed by atoms with Gasteiger partial charge in [0.2, 0.25) is 0 Å². The summed E-state index contributed by atoms with van der Waals surface area (Å²) in [6.07, 6.45) is 2.77. The molecule has 5 heteroatoms. The molecule has 23 heavy (non-hydrogen) atoms. The maximum Gasteiger partial charge on any atom is 0.255 e. The van der Waals surface area contributed by atoms with Crippen molar-refractivity contribution >= 4 is 29.3 Å². The van der Waals surface area contributed by atoms with E-state index in [2.05, 4.69) is 12.1 Å². The van der Waals surface area contributed by atoms with Crippen molar-refractivity contribution in [2.45, 2.75) is 11.3 Å². The van der Waals surface area contributed by atoms with Gasteiger partial charge in [-0.3, -0.25) is 4.79 Å². The van der Waals surface area contributed by atoms with Crippen LogP contribution in [0.4, 0.5) is 0 Å². The normalized spacial score (nSPS) is 10.6. The fraction of sp³-hybridized carbons (Fsp3) is 0.278. The second-order valence-electron chi connectivity index (χ2n) is 5.16. The Morgan fingerprint density at radius 2 is 1.91 bits per heavy atom. The van der Waals surface area contributed by atoms with Crippen molar-refractivity contribution < 1.29 is 4.79 Å². The van der Waals surface area contributed by atoms with Crippen LogP contribution in [0.5, 0.6) is 0 Å². The summed E-state index contributed by atoms with van der Waals surface area (Å²) in [5.74, 6) is -0.0627. The standard InChI is InChI=1S/C18H21ClN2OS/c1-23-15-7-8-17(19)16(13-15)18(22)21(12-10-20)11-9-14-5-3-2-4-6-14/h2-8,13H,9-12,20H2,1H3. The molecule has 0 radical (unpaired) electrons. The van der Waals surface area contributed by atoms with Gasteiger partial charge in [0.1, 0.15) is 0 Å². The lowest BCUT2D eigenvalue weighted by atomic mass is 10.1. The molecule has 0 aliphatic heterocycles. The number of nitrogens with zero attached hydrogens (tertiary/aromatic N) is 1. The van der Waals surface area contributed by atoms with Crippen LogP contribution in [0.2, 0.25) is 5.02 Å². The molecule has 0 atom stereocenters. The van der Waals surface area contributed by atoms with Crippen molar-refractivity contribution in [3.05, 3.63) is 64.7 Å². The zero-order valence-electron chi connectivity index (χ0n) is 13.2. The molecule has 0 fully saturated rings. The highest BCUT2D eigenvalue weighted by Gasteiger charge is 2.18. The first kappa shape index (κ1) is 17.9. The van der Waals surface area contributed by atoms with Crippen LogP contribution in [0.3, 0.4) is 0 Å². The summed E-state index contributed by atoms with van der Waals surface area (Å²) < 4.78 is 0. The number of benzene rings is 2. The Labute approximate surface area is 146 Å². The third-order valence-electron chi connectivity index (χ3n) is 3.60. The first-order valence-corrected chi connectivity index (χ1v) is 9.12. The van der Waals surface area contributed by atoms with E-state index in [0.29, 0.717) is 30.2 Å². The fourth-order valence-corrected chi connectivity index (χ4v) is 2.98. The van der Waals surface area contributed by atoms with E-state index in [-0.39, 0.29) is 5.91 Å². The van der Waals surface area contributed by atoms with E-state index in [9.17, 15) is 4.79 Å². The molecule has 0 saturated carbocycles. The minimum Gasteiger partial charge on any atom is -0.337 e. The van der Waals surface area contributed by atoms with Crippen molar-refractivity contribution in [1.29, 1.82) is 0 Å². The summed E-state index contributed by atoms with van der Waals surface area (Å²) in [7, 11) is 0. The number of carbonyl (C=O) groups excluding carboxylic acids is 1. The Balaban J connectivity index is 2.14. The van der Waals surface area contributed by atoms with E-state index < -0.39 is 0 Å². The van der Waals surface area contributed by atoms with Gasteiger partial charge in [-0.05, 0) is 36.4 Å². The predicted molar refractivity (Wildman–Crippen MR) is 98.3 cm³/mol. The third kappa shape index (κ3) is 4.99. The summed E-state index contributed by atoms with van der Waals surface area (Å²) in [6, 6.07) is 15.7. The summed E-state index contributed by atoms with van der Waals surface area (Å²) in [5, 5.41) is 0.481. The quantitative estimate of drug-likeness (QED) is 0.776. The first-order valence-electron chi connectivity index (χ1n) is 7.52. The second-order valence-corrected chi connectivity index (χ2v) is 6.45. The molecule has 2 rings (SSSR count). The number of carbonyl (C=O) groups is 1. The molecule has 122 valence electrons. The molecule has 0 aliphatic carbocycles. The molecule has 1 amide bonds. The van der Waals surface area contributed by atoms with Crippen molar-refractivity contribution in [1.82, 2.24) is 4.90 Å². The summed E-state index contributed by atoms with van der Waals surface area (Å²) in [4.78, 5) is 15.6. The van der Waals surface area contributed by atoms with Crippen LogP contribution >= 0.6 is 23.4 Å². The fourth-order valence-electron chi connectivity index (χ4n) is 2.35. The lowest BCUT2D eigenvalue weighted by Gasteiger charge is -2.23. The maximum atomic E-state index is 12.8. The summed E-state index contributed by atoms with van der Waals surface area (Å²) in [6.45, 7) is 1.58. The van der Waals surface area contributed by atoms with E-state index >= 15 is 0 Å². The average molecular weight is 349 g/mol. The largest absolute Gasteiger partial charge is 0.337 e. The van der Waals surface area contributed by atoms with Crippen molar-refractivity contribution in [2.24, 2.45) is 5.73 Å². The number of thioether (sulfide) groups is 1. The van der Waals surface area contributed by atoms with Gasteiger partial charge >= 0.3 is 0 Å². The van der Waals surface area contributed by atoms with Crippen LogP contribution in [0.25, 0.3) is 0 Å². The van der Waals surface area contributed by atoms with E-state index in [0.717, 1.165) is 11.3 Å². The van der Waals surface area contributed by atoms with Crippen LogP contribution in [0.1, 0.15) is 15.9 Å². The molecule has 0 bridgehead atoms. The van der Waals surface area contributed by atoms with Gasteiger partial charge in [0, 0.05) is 24.5 Å². The molecule has 0 saturated heterocycles. The SMILES string of the molecule is CSc1ccc(Cl)c(C(=O)N(CCN)CCc2ccccc2)c1. The summed E-state index contributed by atoms with van der Waals surface area (Å²) in [5.41, 5.74) is 7.42. The molecular formula is C18H21ClN2OS. The summed E-state index contributed by atoms with van der Waals surface area (Å²) >= 11 is 7.81. The van der Waals surface area contributed by atoms with Crippen LogP contribution in [0, 0.1) is 0 Å². The van der Waals surface area contributed by atoms with Gasteiger partial charge in [0.15, 0.2) is 0 Å². The monoisotopic (exact) mass is 348 g/mol. The Bertz CT molecular complexity index is 649. The molecule has 0 spiro atoms.